The Labute approximate surface area is 144 Å². The van der Waals surface area contributed by atoms with Gasteiger partial charge in [0, 0.05) is 11.6 Å². The summed E-state index contributed by atoms with van der Waals surface area (Å²) in [6.45, 7) is 9.18. The Morgan fingerprint density at radius 3 is 2.71 bits per heavy atom. The lowest BCUT2D eigenvalue weighted by atomic mass is 9.51. The largest absolute Gasteiger partial charge is 0.429 e. The molecule has 0 spiro atoms. The summed E-state index contributed by atoms with van der Waals surface area (Å²) in [7, 11) is 0. The molecule has 0 aromatic heterocycles. The highest BCUT2D eigenvalue weighted by Gasteiger charge is 2.49. The quantitative estimate of drug-likeness (QED) is 0.614. The van der Waals surface area contributed by atoms with Crippen molar-refractivity contribution in [3.8, 4) is 0 Å². The molecule has 0 saturated heterocycles. The van der Waals surface area contributed by atoms with Gasteiger partial charge in [0.15, 0.2) is 0 Å². The van der Waals surface area contributed by atoms with Crippen molar-refractivity contribution in [3.63, 3.8) is 0 Å². The highest BCUT2D eigenvalue weighted by molar-refractivity contribution is 5.85. The number of carbonyl (C=O) groups excluding carboxylic acids is 1. The topological polar surface area (TPSA) is 66.8 Å². The second-order valence-corrected chi connectivity index (χ2v) is 8.78. The van der Waals surface area contributed by atoms with Crippen LogP contribution in [0, 0.1) is 22.7 Å². The summed E-state index contributed by atoms with van der Waals surface area (Å²) in [5.74, 6) is 0.332. The molecule has 3 aliphatic rings. The van der Waals surface area contributed by atoms with Crippen molar-refractivity contribution in [1.29, 1.82) is 0 Å². The van der Waals surface area contributed by atoms with Crippen molar-refractivity contribution in [1.82, 2.24) is 0 Å². The molecule has 3 rings (SSSR count). The van der Waals surface area contributed by atoms with E-state index in [4.69, 9.17) is 4.74 Å². The van der Waals surface area contributed by atoms with Crippen LogP contribution in [0.3, 0.4) is 0 Å². The lowest BCUT2D eigenvalue weighted by Gasteiger charge is -2.53. The van der Waals surface area contributed by atoms with Crippen molar-refractivity contribution in [2.24, 2.45) is 22.7 Å². The summed E-state index contributed by atoms with van der Waals surface area (Å²) in [6, 6.07) is 0. The summed E-state index contributed by atoms with van der Waals surface area (Å²) in [5, 5.41) is 20.6. The molecule has 0 amide bonds. The van der Waals surface area contributed by atoms with E-state index in [1.54, 1.807) is 0 Å². The number of ether oxygens (including phenoxy) is 1. The van der Waals surface area contributed by atoms with Crippen molar-refractivity contribution >= 4 is 5.97 Å². The van der Waals surface area contributed by atoms with Crippen molar-refractivity contribution in [2.45, 2.75) is 72.2 Å². The minimum Gasteiger partial charge on any atom is -0.429 e. The van der Waals surface area contributed by atoms with E-state index in [0.29, 0.717) is 23.8 Å². The molecule has 2 aliphatic carbocycles. The van der Waals surface area contributed by atoms with Gasteiger partial charge in [0.1, 0.15) is 0 Å². The van der Waals surface area contributed by atoms with Crippen molar-refractivity contribution in [2.75, 3.05) is 0 Å². The van der Waals surface area contributed by atoms with Crippen LogP contribution in [-0.4, -0.2) is 28.6 Å². The van der Waals surface area contributed by atoms with E-state index in [-0.39, 0.29) is 10.8 Å². The molecule has 1 saturated carbocycles. The van der Waals surface area contributed by atoms with Gasteiger partial charge in [0.2, 0.25) is 6.29 Å². The first kappa shape index (κ1) is 17.7. The fourth-order valence-electron chi connectivity index (χ4n) is 5.10. The third kappa shape index (κ3) is 2.84. The van der Waals surface area contributed by atoms with Crippen LogP contribution in [0.5, 0.6) is 0 Å². The predicted octanol–water partition coefficient (Wildman–Crippen LogP) is 3.34. The SMILES string of the molecule is C[C@@H]1CC=C2[C@@H](CCCC2(C)C)[C@@]1(C)CC(O)C1=CC(=O)OC1O. The zero-order valence-electron chi connectivity index (χ0n) is 15.2. The summed E-state index contributed by atoms with van der Waals surface area (Å²) in [6.07, 6.45) is 6.68. The van der Waals surface area contributed by atoms with E-state index >= 15 is 0 Å². The van der Waals surface area contributed by atoms with Crippen LogP contribution in [0.15, 0.2) is 23.3 Å². The van der Waals surface area contributed by atoms with Gasteiger partial charge < -0.3 is 14.9 Å². The summed E-state index contributed by atoms with van der Waals surface area (Å²) in [5.41, 5.74) is 2.02. The van der Waals surface area contributed by atoms with E-state index in [1.165, 1.54) is 24.5 Å². The molecule has 0 aromatic carbocycles. The van der Waals surface area contributed by atoms with Crippen LogP contribution in [0.2, 0.25) is 0 Å². The average molecular weight is 334 g/mol. The lowest BCUT2D eigenvalue weighted by molar-refractivity contribution is -0.152. The molecule has 2 N–H and O–H groups in total. The van der Waals surface area contributed by atoms with Crippen molar-refractivity contribution in [3.05, 3.63) is 23.3 Å². The van der Waals surface area contributed by atoms with Gasteiger partial charge in [0.05, 0.1) is 6.10 Å². The summed E-state index contributed by atoms with van der Waals surface area (Å²) < 4.78 is 4.74. The maximum Gasteiger partial charge on any atom is 0.333 e. The number of esters is 1. The predicted molar refractivity (Wildman–Crippen MR) is 91.9 cm³/mol. The molecule has 0 radical (unpaired) electrons. The van der Waals surface area contributed by atoms with E-state index in [2.05, 4.69) is 33.8 Å². The Kier molecular flexibility index (Phi) is 4.42. The Balaban J connectivity index is 1.87. The van der Waals surface area contributed by atoms with E-state index in [1.807, 2.05) is 0 Å². The molecular weight excluding hydrogens is 304 g/mol. The number of fused-ring (bicyclic) bond motifs is 1. The molecular formula is C20H30O4. The molecule has 0 bridgehead atoms. The van der Waals surface area contributed by atoms with Crippen LogP contribution in [-0.2, 0) is 9.53 Å². The van der Waals surface area contributed by atoms with Gasteiger partial charge in [-0.05, 0) is 48.3 Å². The van der Waals surface area contributed by atoms with Gasteiger partial charge in [-0.2, -0.15) is 0 Å². The third-order valence-electron chi connectivity index (χ3n) is 6.88. The first-order chi connectivity index (χ1) is 11.1. The molecule has 2 unspecified atom stereocenters. The fourth-order valence-corrected chi connectivity index (χ4v) is 5.10. The van der Waals surface area contributed by atoms with Gasteiger partial charge in [0.25, 0.3) is 0 Å². The Morgan fingerprint density at radius 1 is 1.38 bits per heavy atom. The van der Waals surface area contributed by atoms with Crippen LogP contribution >= 0.6 is 0 Å². The summed E-state index contributed by atoms with van der Waals surface area (Å²) >= 11 is 0. The van der Waals surface area contributed by atoms with Crippen LogP contribution in [0.25, 0.3) is 0 Å². The van der Waals surface area contributed by atoms with Gasteiger partial charge in [-0.15, -0.1) is 0 Å². The second kappa shape index (κ2) is 5.99. The Hall–Kier alpha value is -1.13. The Bertz CT molecular complexity index is 588. The standard InChI is InChI=1S/C20H30O4/c1-12-7-8-14-15(6-5-9-19(14,2)3)20(12,4)11-16(21)13-10-17(22)24-18(13)23/h8,10,12,15-16,18,21,23H,5-7,9,11H2,1-4H3/t12-,15-,16?,18?,20+/m1/s1. The number of aliphatic hydroxyl groups is 2. The normalized spacial score (nSPS) is 39.6. The minimum atomic E-state index is -1.30. The maximum absolute atomic E-state index is 11.3. The third-order valence-corrected chi connectivity index (χ3v) is 6.88. The number of allylic oxidation sites excluding steroid dienone is 2. The smallest absolute Gasteiger partial charge is 0.333 e. The van der Waals surface area contributed by atoms with Crippen molar-refractivity contribution < 1.29 is 19.7 Å². The van der Waals surface area contributed by atoms with Gasteiger partial charge >= 0.3 is 5.97 Å². The molecule has 4 heteroatoms. The first-order valence-corrected chi connectivity index (χ1v) is 9.14. The highest BCUT2D eigenvalue weighted by Crippen LogP contribution is 2.58. The molecule has 4 nitrogen and oxygen atoms in total. The number of cyclic esters (lactones) is 1. The first-order valence-electron chi connectivity index (χ1n) is 9.14. The maximum atomic E-state index is 11.3. The molecule has 1 aliphatic heterocycles. The highest BCUT2D eigenvalue weighted by atomic mass is 16.6. The molecule has 1 fully saturated rings. The molecule has 0 aromatic rings. The molecule has 5 atom stereocenters. The lowest BCUT2D eigenvalue weighted by Crippen LogP contribution is -2.45. The van der Waals surface area contributed by atoms with Gasteiger partial charge in [-0.3, -0.25) is 0 Å². The summed E-state index contributed by atoms with van der Waals surface area (Å²) in [4.78, 5) is 11.3. The Morgan fingerprint density at radius 2 is 2.08 bits per heavy atom. The molecule has 24 heavy (non-hydrogen) atoms. The van der Waals surface area contributed by atoms with Gasteiger partial charge in [-0.1, -0.05) is 45.8 Å². The molecule has 1 heterocycles. The van der Waals surface area contributed by atoms with E-state index in [9.17, 15) is 15.0 Å². The zero-order chi connectivity index (χ0) is 17.7. The van der Waals surface area contributed by atoms with Gasteiger partial charge in [-0.25, -0.2) is 4.79 Å². The number of aliphatic hydroxyl groups excluding tert-OH is 2. The number of carbonyl (C=O) groups is 1. The average Bonchev–Trinajstić information content (AvgIpc) is 2.82. The second-order valence-electron chi connectivity index (χ2n) is 8.78. The number of rotatable bonds is 3. The molecule has 134 valence electrons. The zero-order valence-corrected chi connectivity index (χ0v) is 15.2. The van der Waals surface area contributed by atoms with Crippen LogP contribution in [0.4, 0.5) is 0 Å². The number of hydrogen-bond acceptors (Lipinski definition) is 4. The minimum absolute atomic E-state index is 0.0482. The number of hydrogen-bond donors (Lipinski definition) is 2. The monoisotopic (exact) mass is 334 g/mol. The van der Waals surface area contributed by atoms with E-state index in [0.717, 1.165) is 12.8 Å². The van der Waals surface area contributed by atoms with Crippen LogP contribution in [0.1, 0.15) is 59.8 Å². The van der Waals surface area contributed by atoms with E-state index < -0.39 is 18.4 Å². The van der Waals surface area contributed by atoms with Crippen LogP contribution < -0.4 is 0 Å². The fraction of sp³-hybridized carbons (Fsp3) is 0.750.